The monoisotopic (exact) mass is 400 g/mol. The zero-order chi connectivity index (χ0) is 20.8. The number of carbonyl (C=O) groups is 3. The molecule has 1 saturated carbocycles. The lowest BCUT2D eigenvalue weighted by Crippen LogP contribution is -2.54. The number of nitrogens with zero attached hydrogens (tertiary/aromatic N) is 2. The summed E-state index contributed by atoms with van der Waals surface area (Å²) in [6.45, 7) is 5.23. The number of piperazine rings is 1. The van der Waals surface area contributed by atoms with Gasteiger partial charge in [0.15, 0.2) is 0 Å². The van der Waals surface area contributed by atoms with Crippen LogP contribution >= 0.6 is 0 Å². The molecule has 3 amide bonds. The van der Waals surface area contributed by atoms with Gasteiger partial charge < -0.3 is 20.4 Å². The van der Waals surface area contributed by atoms with Gasteiger partial charge >= 0.3 is 11.8 Å². The summed E-state index contributed by atoms with van der Waals surface area (Å²) in [6, 6.07) is 8.01. The van der Waals surface area contributed by atoms with Crippen LogP contribution in [-0.2, 0) is 9.59 Å². The second-order valence-corrected chi connectivity index (χ2v) is 8.24. The van der Waals surface area contributed by atoms with Gasteiger partial charge in [-0.05, 0) is 38.8 Å². The Morgan fingerprint density at radius 1 is 0.931 bits per heavy atom. The molecule has 1 aliphatic heterocycles. The fourth-order valence-corrected chi connectivity index (χ4v) is 4.01. The van der Waals surface area contributed by atoms with Crippen molar-refractivity contribution in [2.75, 3.05) is 31.5 Å². The van der Waals surface area contributed by atoms with Gasteiger partial charge in [-0.2, -0.15) is 0 Å². The smallest absolute Gasteiger partial charge is 0.312 e. The first-order chi connectivity index (χ1) is 14.0. The fourth-order valence-electron chi connectivity index (χ4n) is 4.01. The Balaban J connectivity index is 1.59. The maximum atomic E-state index is 13.1. The Labute approximate surface area is 172 Å². The summed E-state index contributed by atoms with van der Waals surface area (Å²) < 4.78 is 0. The largest absolute Gasteiger partial charge is 0.382 e. The van der Waals surface area contributed by atoms with E-state index in [1.54, 1.807) is 4.90 Å². The normalized spacial score (nSPS) is 17.9. The Kier molecular flexibility index (Phi) is 7.12. The van der Waals surface area contributed by atoms with E-state index in [2.05, 4.69) is 10.6 Å². The van der Waals surface area contributed by atoms with Gasteiger partial charge in [-0.15, -0.1) is 0 Å². The number of hydrogen-bond acceptors (Lipinski definition) is 4. The number of carbonyl (C=O) groups excluding carboxylic acids is 3. The van der Waals surface area contributed by atoms with Crippen LogP contribution in [0.5, 0.6) is 0 Å². The third kappa shape index (κ3) is 5.49. The van der Waals surface area contributed by atoms with Crippen molar-refractivity contribution in [2.45, 2.75) is 58.0 Å². The molecule has 0 atom stereocenters. The lowest BCUT2D eigenvalue weighted by atomic mass is 9.95. The molecule has 3 rings (SSSR count). The molecule has 1 aromatic carbocycles. The average Bonchev–Trinajstić information content (AvgIpc) is 2.73. The van der Waals surface area contributed by atoms with E-state index in [0.717, 1.165) is 18.5 Å². The SMILES string of the molecule is CC(C)NC(=O)C(=O)N1CCN(C(=O)c2ccccc2NC2CCCCC2)CC1. The molecule has 0 bridgehead atoms. The highest BCUT2D eigenvalue weighted by Gasteiger charge is 2.29. The lowest BCUT2D eigenvalue weighted by molar-refractivity contribution is -0.147. The van der Waals surface area contributed by atoms with Crippen molar-refractivity contribution in [3.8, 4) is 0 Å². The molecular formula is C22H32N4O3. The molecule has 7 nitrogen and oxygen atoms in total. The fraction of sp³-hybridized carbons (Fsp3) is 0.591. The molecule has 2 N–H and O–H groups in total. The molecule has 0 spiro atoms. The first kappa shape index (κ1) is 21.1. The summed E-state index contributed by atoms with van der Waals surface area (Å²) in [5.74, 6) is -1.13. The second-order valence-electron chi connectivity index (χ2n) is 8.24. The van der Waals surface area contributed by atoms with Crippen LogP contribution in [0.1, 0.15) is 56.3 Å². The second kappa shape index (κ2) is 9.76. The number of para-hydroxylation sites is 1. The van der Waals surface area contributed by atoms with E-state index in [4.69, 9.17) is 0 Å². The van der Waals surface area contributed by atoms with Gasteiger partial charge in [0.05, 0.1) is 5.56 Å². The van der Waals surface area contributed by atoms with Crippen LogP contribution < -0.4 is 10.6 Å². The molecule has 0 aromatic heterocycles. The van der Waals surface area contributed by atoms with E-state index in [1.807, 2.05) is 38.1 Å². The number of anilines is 1. The lowest BCUT2D eigenvalue weighted by Gasteiger charge is -2.35. The van der Waals surface area contributed by atoms with Crippen LogP contribution in [0.4, 0.5) is 5.69 Å². The standard InChI is InChI=1S/C22H32N4O3/c1-16(2)23-20(27)22(29)26-14-12-25(13-15-26)21(28)18-10-6-7-11-19(18)24-17-8-4-3-5-9-17/h6-7,10-11,16-17,24H,3-5,8-9,12-15H2,1-2H3,(H,23,27). The van der Waals surface area contributed by atoms with Crippen LogP contribution in [0.2, 0.25) is 0 Å². The Morgan fingerprint density at radius 3 is 2.21 bits per heavy atom. The molecular weight excluding hydrogens is 368 g/mol. The molecule has 1 aliphatic carbocycles. The Bertz CT molecular complexity index is 735. The summed E-state index contributed by atoms with van der Waals surface area (Å²) in [5, 5.41) is 6.19. The van der Waals surface area contributed by atoms with Crippen molar-refractivity contribution in [3.05, 3.63) is 29.8 Å². The van der Waals surface area contributed by atoms with Crippen molar-refractivity contribution >= 4 is 23.4 Å². The first-order valence-electron chi connectivity index (χ1n) is 10.7. The highest BCUT2D eigenvalue weighted by molar-refractivity contribution is 6.35. The summed E-state index contributed by atoms with van der Waals surface area (Å²) in [5.41, 5.74) is 1.56. The molecule has 0 unspecified atom stereocenters. The van der Waals surface area contributed by atoms with E-state index >= 15 is 0 Å². The molecule has 1 saturated heterocycles. The number of hydrogen-bond donors (Lipinski definition) is 2. The number of benzene rings is 1. The molecule has 158 valence electrons. The number of rotatable bonds is 4. The topological polar surface area (TPSA) is 81.8 Å². The minimum Gasteiger partial charge on any atom is -0.382 e. The molecule has 29 heavy (non-hydrogen) atoms. The summed E-state index contributed by atoms with van der Waals surface area (Å²) in [6.07, 6.45) is 6.03. The van der Waals surface area contributed by atoms with Crippen molar-refractivity contribution in [1.82, 2.24) is 15.1 Å². The average molecular weight is 401 g/mol. The molecule has 7 heteroatoms. The quantitative estimate of drug-likeness (QED) is 0.760. The minimum absolute atomic E-state index is 0.0253. The van der Waals surface area contributed by atoms with E-state index in [-0.39, 0.29) is 11.9 Å². The molecule has 2 aliphatic rings. The van der Waals surface area contributed by atoms with Gasteiger partial charge in [0.25, 0.3) is 5.91 Å². The van der Waals surface area contributed by atoms with Crippen molar-refractivity contribution in [1.29, 1.82) is 0 Å². The van der Waals surface area contributed by atoms with Crippen molar-refractivity contribution < 1.29 is 14.4 Å². The van der Waals surface area contributed by atoms with Crippen molar-refractivity contribution in [2.24, 2.45) is 0 Å². The van der Waals surface area contributed by atoms with Gasteiger partial charge in [0.1, 0.15) is 0 Å². The molecule has 1 heterocycles. The van der Waals surface area contributed by atoms with Gasteiger partial charge in [0.2, 0.25) is 0 Å². The Hall–Kier alpha value is -2.57. The third-order valence-electron chi connectivity index (χ3n) is 5.59. The zero-order valence-corrected chi connectivity index (χ0v) is 17.4. The molecule has 2 fully saturated rings. The molecule has 1 aromatic rings. The van der Waals surface area contributed by atoms with E-state index < -0.39 is 11.8 Å². The predicted molar refractivity (Wildman–Crippen MR) is 113 cm³/mol. The van der Waals surface area contributed by atoms with Crippen LogP contribution in [-0.4, -0.2) is 65.8 Å². The van der Waals surface area contributed by atoms with Crippen LogP contribution in [0.25, 0.3) is 0 Å². The summed E-state index contributed by atoms with van der Waals surface area (Å²) in [4.78, 5) is 40.6. The maximum absolute atomic E-state index is 13.1. The maximum Gasteiger partial charge on any atom is 0.312 e. The zero-order valence-electron chi connectivity index (χ0n) is 17.4. The first-order valence-corrected chi connectivity index (χ1v) is 10.7. The highest BCUT2D eigenvalue weighted by atomic mass is 16.2. The predicted octanol–water partition coefficient (Wildman–Crippen LogP) is 2.24. The number of nitrogens with one attached hydrogen (secondary N) is 2. The van der Waals surface area contributed by atoms with Gasteiger partial charge in [0, 0.05) is 44.0 Å². The Morgan fingerprint density at radius 2 is 1.55 bits per heavy atom. The highest BCUT2D eigenvalue weighted by Crippen LogP contribution is 2.25. The van der Waals surface area contributed by atoms with Crippen molar-refractivity contribution in [3.63, 3.8) is 0 Å². The molecule has 0 radical (unpaired) electrons. The van der Waals surface area contributed by atoms with Gasteiger partial charge in [-0.3, -0.25) is 14.4 Å². The summed E-state index contributed by atoms with van der Waals surface area (Å²) >= 11 is 0. The third-order valence-corrected chi connectivity index (χ3v) is 5.59. The minimum atomic E-state index is -0.582. The van der Waals surface area contributed by atoms with Crippen LogP contribution in [0.15, 0.2) is 24.3 Å². The van der Waals surface area contributed by atoms with E-state index in [0.29, 0.717) is 37.8 Å². The summed E-state index contributed by atoms with van der Waals surface area (Å²) in [7, 11) is 0. The van der Waals surface area contributed by atoms with Crippen LogP contribution in [0, 0.1) is 0 Å². The van der Waals surface area contributed by atoms with Gasteiger partial charge in [-0.1, -0.05) is 31.4 Å². The van der Waals surface area contributed by atoms with Gasteiger partial charge in [-0.25, -0.2) is 0 Å². The van der Waals surface area contributed by atoms with E-state index in [1.165, 1.54) is 24.2 Å². The number of amides is 3. The van der Waals surface area contributed by atoms with Crippen LogP contribution in [0.3, 0.4) is 0 Å². The van der Waals surface area contributed by atoms with E-state index in [9.17, 15) is 14.4 Å².